The average Bonchev–Trinajstić information content (AvgIpc) is 2.74. The Kier molecular flexibility index (Phi) is 25.3. The van der Waals surface area contributed by atoms with Gasteiger partial charge in [-0.3, -0.25) is 9.59 Å². The summed E-state index contributed by atoms with van der Waals surface area (Å²) in [6, 6.07) is 0. The number of allylic oxidation sites excluding steroid dienone is 2. The van der Waals surface area contributed by atoms with Crippen LogP contribution in [0.2, 0.25) is 0 Å². The van der Waals surface area contributed by atoms with Crippen molar-refractivity contribution in [2.24, 2.45) is 0 Å². The molecule has 35 heavy (non-hydrogen) atoms. The number of hydrogen-bond acceptors (Lipinski definition) is 8. The molecule has 0 saturated carbocycles. The van der Waals surface area contributed by atoms with E-state index in [1.165, 1.54) is 36.0 Å². The van der Waals surface area contributed by atoms with Crippen molar-refractivity contribution in [2.75, 3.05) is 38.7 Å². The van der Waals surface area contributed by atoms with Gasteiger partial charge >= 0.3 is 37.7 Å². The number of hydrogen-bond donors (Lipinski definition) is 0. The minimum Gasteiger partial charge on any atom is -0.748 e. The normalized spacial score (nSPS) is 11.6. The second-order valence-corrected chi connectivity index (χ2v) is 10.9. The molecule has 0 heterocycles. The molecule has 0 aliphatic carbocycles. The summed E-state index contributed by atoms with van der Waals surface area (Å²) in [5, 5.41) is 0. The van der Waals surface area contributed by atoms with E-state index in [1.807, 2.05) is 0 Å². The molecule has 0 aromatic carbocycles. The summed E-state index contributed by atoms with van der Waals surface area (Å²) in [5.41, 5.74) is 0. The van der Waals surface area contributed by atoms with E-state index in [2.05, 4.69) is 13.8 Å². The Morgan fingerprint density at radius 1 is 0.686 bits per heavy atom. The van der Waals surface area contributed by atoms with E-state index in [0.717, 1.165) is 51.4 Å². The summed E-state index contributed by atoms with van der Waals surface area (Å²) in [6.07, 6.45) is 14.7. The predicted molar refractivity (Wildman–Crippen MR) is 137 cm³/mol. The smallest absolute Gasteiger partial charge is 0.748 e. The first-order chi connectivity index (χ1) is 15.7. The number of rotatable bonds is 16. The third-order valence-corrected chi connectivity index (χ3v) is 5.94. The first kappa shape index (κ1) is 39.0. The number of likely N-dealkylation sites (N-methyl/N-ethyl adjacent to an activating group) is 2. The summed E-state index contributed by atoms with van der Waals surface area (Å²) in [5.74, 6) is -1.63. The molecule has 13 heteroatoms. The summed E-state index contributed by atoms with van der Waals surface area (Å²) >= 11 is 0. The van der Waals surface area contributed by atoms with E-state index in [0.29, 0.717) is 0 Å². The minimum absolute atomic E-state index is 0. The van der Waals surface area contributed by atoms with Gasteiger partial charge in [0.05, 0.1) is 31.7 Å². The summed E-state index contributed by atoms with van der Waals surface area (Å²) in [4.78, 5) is 25.3. The first-order valence-electron chi connectivity index (χ1n) is 11.4. The summed E-state index contributed by atoms with van der Waals surface area (Å²) in [6.45, 7) is 4.08. The molecule has 0 aliphatic heterocycles. The molecule has 10 nitrogen and oxygen atoms in total. The van der Waals surface area contributed by atoms with Crippen LogP contribution in [0.3, 0.4) is 0 Å². The Morgan fingerprint density at radius 2 is 1.00 bits per heavy atom. The van der Waals surface area contributed by atoms with E-state index in [-0.39, 0.29) is 62.6 Å². The first-order valence-corrected chi connectivity index (χ1v) is 14.6. The third-order valence-electron chi connectivity index (χ3n) is 4.58. The van der Waals surface area contributed by atoms with Gasteiger partial charge in [-0.15, -0.1) is 0 Å². The molecule has 0 bridgehead atoms. The third kappa shape index (κ3) is 29.6. The summed E-state index contributed by atoms with van der Waals surface area (Å²) in [7, 11) is -5.55. The number of unbranched alkanes of at least 4 members (excludes halogenated alkanes) is 6. The van der Waals surface area contributed by atoms with E-state index in [4.69, 9.17) is 0 Å². The largest absolute Gasteiger partial charge is 2.00 e. The van der Waals surface area contributed by atoms with Gasteiger partial charge in [-0.25, -0.2) is 16.8 Å². The number of carbonyl (C=O) groups is 2. The molecular formula is C22H40CaN2O8S2. The number of nitrogens with zero attached hydrogens (tertiary/aromatic N) is 2. The molecule has 0 spiro atoms. The van der Waals surface area contributed by atoms with Gasteiger partial charge in [0.2, 0.25) is 11.8 Å². The zero-order chi connectivity index (χ0) is 26.6. The van der Waals surface area contributed by atoms with E-state index >= 15 is 0 Å². The van der Waals surface area contributed by atoms with Crippen LogP contribution in [-0.4, -0.2) is 124 Å². The Morgan fingerprint density at radius 3 is 1.26 bits per heavy atom. The Hall–Kier alpha value is -0.500. The van der Waals surface area contributed by atoms with Crippen LogP contribution < -0.4 is 0 Å². The standard InChI is InChI=1S/2C11H21NO4S.Ca/c2*1-3-4-5-6-7-8-11(13)12(2)9-10-17(14,15)16;/h2*7-8H,3-6,9-10H2,1-2H3,(H,14,15,16);/q;;+2/p-2/b2*8-7+;. The van der Waals surface area contributed by atoms with Crippen LogP contribution in [0.4, 0.5) is 0 Å². The molecule has 200 valence electrons. The van der Waals surface area contributed by atoms with E-state index in [9.17, 15) is 35.5 Å². The Balaban J connectivity index is -0.000000569. The molecule has 2 amide bonds. The van der Waals surface area contributed by atoms with Crippen molar-refractivity contribution < 1.29 is 35.5 Å². The van der Waals surface area contributed by atoms with Crippen molar-refractivity contribution in [3.63, 3.8) is 0 Å². The Bertz CT molecular complexity index is 774. The Labute approximate surface area is 241 Å². The van der Waals surface area contributed by atoms with Crippen molar-refractivity contribution in [3.8, 4) is 0 Å². The molecule has 0 aliphatic rings. The fourth-order valence-electron chi connectivity index (χ4n) is 2.37. The van der Waals surface area contributed by atoms with Crippen LogP contribution >= 0.6 is 0 Å². The van der Waals surface area contributed by atoms with Crippen molar-refractivity contribution in [3.05, 3.63) is 24.3 Å². The number of amides is 2. The van der Waals surface area contributed by atoms with Crippen molar-refractivity contribution >= 4 is 69.8 Å². The maximum absolute atomic E-state index is 11.4. The molecular weight excluding hydrogens is 524 g/mol. The molecule has 0 rings (SSSR count). The van der Waals surface area contributed by atoms with Gasteiger partial charge in [0.15, 0.2) is 0 Å². The minimum atomic E-state index is -4.25. The number of carbonyl (C=O) groups excluding carboxylic acids is 2. The van der Waals surface area contributed by atoms with Crippen LogP contribution in [-0.2, 0) is 29.8 Å². The zero-order valence-electron chi connectivity index (χ0n) is 21.5. The van der Waals surface area contributed by atoms with E-state index in [1.54, 1.807) is 12.2 Å². The van der Waals surface area contributed by atoms with Crippen LogP contribution in [0.15, 0.2) is 24.3 Å². The molecule has 0 saturated heterocycles. The maximum atomic E-state index is 11.4. The quantitative estimate of drug-likeness (QED) is 0.119. The maximum Gasteiger partial charge on any atom is 2.00 e. The zero-order valence-corrected chi connectivity index (χ0v) is 25.3. The summed E-state index contributed by atoms with van der Waals surface area (Å²) < 4.78 is 62.3. The fraction of sp³-hybridized carbons (Fsp3) is 0.727. The molecule has 0 radical (unpaired) electrons. The molecule has 0 unspecified atom stereocenters. The van der Waals surface area contributed by atoms with Gasteiger partial charge in [0.1, 0.15) is 0 Å². The van der Waals surface area contributed by atoms with Gasteiger partial charge in [-0.05, 0) is 37.8 Å². The fourth-order valence-corrected chi connectivity index (χ4v) is 3.36. The van der Waals surface area contributed by atoms with Crippen molar-refractivity contribution in [1.82, 2.24) is 9.80 Å². The molecule has 0 N–H and O–H groups in total. The average molecular weight is 565 g/mol. The van der Waals surface area contributed by atoms with Crippen LogP contribution in [0, 0.1) is 0 Å². The van der Waals surface area contributed by atoms with Crippen LogP contribution in [0.25, 0.3) is 0 Å². The second kappa shape index (κ2) is 22.7. The van der Waals surface area contributed by atoms with Crippen molar-refractivity contribution in [1.29, 1.82) is 0 Å². The van der Waals surface area contributed by atoms with Gasteiger partial charge in [-0.1, -0.05) is 51.7 Å². The SMILES string of the molecule is CCCCC/C=C/C(=O)N(C)CCS(=O)(=O)[O-].CCCCC/C=C/C(=O)N(C)CCS(=O)(=O)[O-].[Ca+2]. The molecule has 0 aromatic rings. The topological polar surface area (TPSA) is 155 Å². The monoisotopic (exact) mass is 564 g/mol. The van der Waals surface area contributed by atoms with Crippen molar-refractivity contribution in [2.45, 2.75) is 65.2 Å². The second-order valence-electron chi connectivity index (χ2n) is 7.84. The molecule has 0 fully saturated rings. The van der Waals surface area contributed by atoms with Crippen LogP contribution in [0.5, 0.6) is 0 Å². The molecule has 0 atom stereocenters. The van der Waals surface area contributed by atoms with Gasteiger partial charge < -0.3 is 18.9 Å². The molecule has 0 aromatic heterocycles. The van der Waals surface area contributed by atoms with Gasteiger partial charge in [0.25, 0.3) is 0 Å². The van der Waals surface area contributed by atoms with Gasteiger partial charge in [0, 0.05) is 27.2 Å². The van der Waals surface area contributed by atoms with Crippen LogP contribution in [0.1, 0.15) is 65.2 Å². The van der Waals surface area contributed by atoms with Gasteiger partial charge in [-0.2, -0.15) is 0 Å². The van der Waals surface area contributed by atoms with E-state index < -0.39 is 31.7 Å². The predicted octanol–water partition coefficient (Wildman–Crippen LogP) is 1.87.